The molecule has 112 valence electrons. The summed E-state index contributed by atoms with van der Waals surface area (Å²) >= 11 is 5.59. The summed E-state index contributed by atoms with van der Waals surface area (Å²) in [6.07, 6.45) is 0. The van der Waals surface area contributed by atoms with Crippen molar-refractivity contribution in [3.63, 3.8) is 0 Å². The Morgan fingerprint density at radius 2 is 1.90 bits per heavy atom. The normalized spacial score (nSPS) is 10.7. The minimum atomic E-state index is -0.560. The molecule has 0 amide bonds. The minimum absolute atomic E-state index is 0.0289. The van der Waals surface area contributed by atoms with E-state index in [0.29, 0.717) is 17.9 Å². The van der Waals surface area contributed by atoms with E-state index >= 15 is 0 Å². The number of hydrogen-bond donors (Lipinski definition) is 1. The molecule has 0 aliphatic carbocycles. The molecular weight excluding hydrogens is 296 g/mol. The van der Waals surface area contributed by atoms with Crippen molar-refractivity contribution in [2.45, 2.75) is 20.1 Å². The Bertz CT molecular complexity index is 619. The molecule has 2 nitrogen and oxygen atoms in total. The monoisotopic (exact) mass is 311 g/mol. The molecule has 0 spiro atoms. The van der Waals surface area contributed by atoms with Crippen LogP contribution in [0.3, 0.4) is 0 Å². The molecule has 1 N–H and O–H groups in total. The molecule has 0 radical (unpaired) electrons. The molecule has 0 saturated carbocycles. The molecule has 0 bridgehead atoms. The SMILES string of the molecule is CCNCc1ccc(F)c(COc2ccc(Cl)c(F)c2)c1. The largest absolute Gasteiger partial charge is 0.489 e. The second kappa shape index (κ2) is 7.38. The van der Waals surface area contributed by atoms with Crippen LogP contribution in [0.15, 0.2) is 36.4 Å². The van der Waals surface area contributed by atoms with Crippen LogP contribution in [0, 0.1) is 11.6 Å². The first-order chi connectivity index (χ1) is 10.1. The van der Waals surface area contributed by atoms with Gasteiger partial charge in [0.15, 0.2) is 0 Å². The Labute approximate surface area is 127 Å². The average Bonchev–Trinajstić information content (AvgIpc) is 2.48. The number of rotatable bonds is 6. The quantitative estimate of drug-likeness (QED) is 0.858. The summed E-state index contributed by atoms with van der Waals surface area (Å²) in [4.78, 5) is 0. The number of nitrogens with one attached hydrogen (secondary N) is 1. The van der Waals surface area contributed by atoms with Gasteiger partial charge in [-0.15, -0.1) is 0 Å². The molecule has 2 aromatic rings. The maximum atomic E-state index is 13.7. The molecule has 0 aliphatic heterocycles. The molecule has 0 aliphatic rings. The predicted octanol–water partition coefficient (Wildman–Crippen LogP) is 4.31. The van der Waals surface area contributed by atoms with Crippen LogP contribution in [0.2, 0.25) is 5.02 Å². The fourth-order valence-corrected chi connectivity index (χ4v) is 1.96. The second-order valence-electron chi connectivity index (χ2n) is 4.57. The first-order valence-electron chi connectivity index (χ1n) is 6.66. The van der Waals surface area contributed by atoms with Crippen molar-refractivity contribution in [3.8, 4) is 5.75 Å². The molecule has 2 aromatic carbocycles. The van der Waals surface area contributed by atoms with Gasteiger partial charge in [-0.1, -0.05) is 24.6 Å². The van der Waals surface area contributed by atoms with Crippen LogP contribution >= 0.6 is 11.6 Å². The number of benzene rings is 2. The molecule has 0 atom stereocenters. The van der Waals surface area contributed by atoms with Crippen LogP contribution in [0.4, 0.5) is 8.78 Å². The van der Waals surface area contributed by atoms with Crippen molar-refractivity contribution >= 4 is 11.6 Å². The smallest absolute Gasteiger partial charge is 0.145 e. The Balaban J connectivity index is 2.06. The van der Waals surface area contributed by atoms with E-state index in [1.54, 1.807) is 18.2 Å². The Kier molecular flexibility index (Phi) is 5.53. The Hall–Kier alpha value is -1.65. The van der Waals surface area contributed by atoms with Crippen molar-refractivity contribution in [2.75, 3.05) is 6.54 Å². The van der Waals surface area contributed by atoms with E-state index in [-0.39, 0.29) is 17.4 Å². The van der Waals surface area contributed by atoms with Crippen LogP contribution in [-0.4, -0.2) is 6.54 Å². The van der Waals surface area contributed by atoms with Gasteiger partial charge in [0.05, 0.1) is 5.02 Å². The predicted molar refractivity (Wildman–Crippen MR) is 79.5 cm³/mol. The second-order valence-corrected chi connectivity index (χ2v) is 4.98. The number of ether oxygens (including phenoxy) is 1. The van der Waals surface area contributed by atoms with E-state index in [9.17, 15) is 8.78 Å². The summed E-state index contributed by atoms with van der Waals surface area (Å²) < 4.78 is 32.4. The van der Waals surface area contributed by atoms with Crippen molar-refractivity contribution in [2.24, 2.45) is 0 Å². The summed E-state index contributed by atoms with van der Waals surface area (Å²) in [7, 11) is 0. The third kappa shape index (κ3) is 4.41. The van der Waals surface area contributed by atoms with E-state index in [2.05, 4.69) is 5.32 Å². The molecule has 5 heteroatoms. The van der Waals surface area contributed by atoms with Gasteiger partial charge < -0.3 is 10.1 Å². The maximum absolute atomic E-state index is 13.7. The van der Waals surface area contributed by atoms with Crippen LogP contribution in [-0.2, 0) is 13.2 Å². The first-order valence-corrected chi connectivity index (χ1v) is 7.04. The van der Waals surface area contributed by atoms with Crippen molar-refractivity contribution < 1.29 is 13.5 Å². The van der Waals surface area contributed by atoms with Crippen LogP contribution < -0.4 is 10.1 Å². The van der Waals surface area contributed by atoms with E-state index in [4.69, 9.17) is 16.3 Å². The summed E-state index contributed by atoms with van der Waals surface area (Å²) in [5, 5.41) is 3.20. The minimum Gasteiger partial charge on any atom is -0.489 e. The highest BCUT2D eigenvalue weighted by Crippen LogP contribution is 2.22. The molecule has 0 fully saturated rings. The van der Waals surface area contributed by atoms with Crippen LogP contribution in [0.25, 0.3) is 0 Å². The fourth-order valence-electron chi connectivity index (χ4n) is 1.85. The van der Waals surface area contributed by atoms with Crippen molar-refractivity contribution in [1.29, 1.82) is 0 Å². The molecule has 2 rings (SSSR count). The van der Waals surface area contributed by atoms with Gasteiger partial charge >= 0.3 is 0 Å². The van der Waals surface area contributed by atoms with Gasteiger partial charge in [-0.25, -0.2) is 8.78 Å². The zero-order valence-corrected chi connectivity index (χ0v) is 12.4. The Morgan fingerprint density at radius 1 is 1.10 bits per heavy atom. The van der Waals surface area contributed by atoms with Gasteiger partial charge in [0.25, 0.3) is 0 Å². The summed E-state index contributed by atoms with van der Waals surface area (Å²) in [5.41, 5.74) is 1.40. The van der Waals surface area contributed by atoms with Crippen LogP contribution in [0.5, 0.6) is 5.75 Å². The molecule has 0 saturated heterocycles. The first kappa shape index (κ1) is 15.7. The van der Waals surface area contributed by atoms with E-state index in [1.807, 2.05) is 6.92 Å². The zero-order chi connectivity index (χ0) is 15.2. The molecular formula is C16H16ClF2NO. The van der Waals surface area contributed by atoms with Gasteiger partial charge in [-0.2, -0.15) is 0 Å². The lowest BCUT2D eigenvalue weighted by molar-refractivity contribution is 0.298. The highest BCUT2D eigenvalue weighted by Gasteiger charge is 2.06. The van der Waals surface area contributed by atoms with Gasteiger partial charge in [-0.05, 0) is 36.4 Å². The fraction of sp³-hybridized carbons (Fsp3) is 0.250. The zero-order valence-electron chi connectivity index (χ0n) is 11.6. The average molecular weight is 312 g/mol. The van der Waals surface area contributed by atoms with Gasteiger partial charge in [0.2, 0.25) is 0 Å². The summed E-state index contributed by atoms with van der Waals surface area (Å²) in [6, 6.07) is 9.01. The van der Waals surface area contributed by atoms with Crippen molar-refractivity contribution in [3.05, 3.63) is 64.2 Å². The molecule has 21 heavy (non-hydrogen) atoms. The highest BCUT2D eigenvalue weighted by molar-refractivity contribution is 6.30. The van der Waals surface area contributed by atoms with Gasteiger partial charge in [0, 0.05) is 18.2 Å². The van der Waals surface area contributed by atoms with Crippen molar-refractivity contribution in [1.82, 2.24) is 5.32 Å². The highest BCUT2D eigenvalue weighted by atomic mass is 35.5. The van der Waals surface area contributed by atoms with E-state index in [0.717, 1.165) is 12.1 Å². The lowest BCUT2D eigenvalue weighted by Crippen LogP contribution is -2.12. The third-order valence-electron chi connectivity index (χ3n) is 2.97. The summed E-state index contributed by atoms with van der Waals surface area (Å²) in [5.74, 6) is -0.589. The lowest BCUT2D eigenvalue weighted by Gasteiger charge is -2.10. The Morgan fingerprint density at radius 3 is 2.62 bits per heavy atom. The van der Waals surface area contributed by atoms with Gasteiger partial charge in [-0.3, -0.25) is 0 Å². The molecule has 0 aromatic heterocycles. The summed E-state index contributed by atoms with van der Waals surface area (Å²) in [6.45, 7) is 3.54. The maximum Gasteiger partial charge on any atom is 0.145 e. The molecule has 0 heterocycles. The number of halogens is 3. The van der Waals surface area contributed by atoms with Crippen LogP contribution in [0.1, 0.15) is 18.1 Å². The van der Waals surface area contributed by atoms with E-state index < -0.39 is 5.82 Å². The number of hydrogen-bond acceptors (Lipinski definition) is 2. The lowest BCUT2D eigenvalue weighted by atomic mass is 10.1. The third-order valence-corrected chi connectivity index (χ3v) is 3.28. The van der Waals surface area contributed by atoms with Gasteiger partial charge in [0.1, 0.15) is 24.0 Å². The molecule has 0 unspecified atom stereocenters. The topological polar surface area (TPSA) is 21.3 Å². The standard InChI is InChI=1S/C16H16ClF2NO/c1-2-20-9-11-3-6-15(18)12(7-11)10-21-13-4-5-14(17)16(19)8-13/h3-8,20H,2,9-10H2,1H3. The van der Waals surface area contributed by atoms with E-state index in [1.165, 1.54) is 18.2 Å².